The number of fused-ring (bicyclic) bond motifs is 3. The summed E-state index contributed by atoms with van der Waals surface area (Å²) in [7, 11) is 0. The largest absolute Gasteiger partial charge is 0.378 e. The van der Waals surface area contributed by atoms with Crippen LogP contribution in [0.25, 0.3) is 0 Å². The zero-order valence-electron chi connectivity index (χ0n) is 9.63. The molecule has 1 atom stereocenters. The smallest absolute Gasteiger partial charge is 0.146 e. The molecule has 3 aliphatic rings. The Labute approximate surface area is 106 Å². The molecule has 1 unspecified atom stereocenters. The Morgan fingerprint density at radius 2 is 2.06 bits per heavy atom. The molecule has 0 amide bonds. The van der Waals surface area contributed by atoms with Crippen LogP contribution < -0.4 is 5.32 Å². The first-order chi connectivity index (χ1) is 8.22. The molecule has 92 valence electrons. The highest BCUT2D eigenvalue weighted by Gasteiger charge is 2.34. The Morgan fingerprint density at radius 1 is 1.29 bits per heavy atom. The summed E-state index contributed by atoms with van der Waals surface area (Å²) in [6.45, 7) is 3.42. The van der Waals surface area contributed by atoms with E-state index in [2.05, 4.69) is 10.2 Å². The maximum atomic E-state index is 13.6. The van der Waals surface area contributed by atoms with Gasteiger partial charge in [0.15, 0.2) is 0 Å². The Hall–Kier alpha value is -0.800. The van der Waals surface area contributed by atoms with Gasteiger partial charge in [-0.2, -0.15) is 0 Å². The van der Waals surface area contributed by atoms with E-state index < -0.39 is 0 Å². The van der Waals surface area contributed by atoms with E-state index in [0.29, 0.717) is 22.7 Å². The van der Waals surface area contributed by atoms with Crippen molar-refractivity contribution in [3.05, 3.63) is 29.0 Å². The minimum Gasteiger partial charge on any atom is -0.378 e. The van der Waals surface area contributed by atoms with Gasteiger partial charge in [-0.15, -0.1) is 0 Å². The van der Waals surface area contributed by atoms with E-state index in [-0.39, 0.29) is 5.82 Å². The van der Waals surface area contributed by atoms with Gasteiger partial charge in [-0.05, 0) is 50.0 Å². The van der Waals surface area contributed by atoms with E-state index in [4.69, 9.17) is 11.6 Å². The number of anilines is 1. The van der Waals surface area contributed by atoms with E-state index in [1.807, 2.05) is 0 Å². The minimum atomic E-state index is -0.217. The Morgan fingerprint density at radius 3 is 2.71 bits per heavy atom. The first kappa shape index (κ1) is 11.3. The van der Waals surface area contributed by atoms with Crippen LogP contribution in [0.15, 0.2) is 18.2 Å². The molecule has 2 nitrogen and oxygen atoms in total. The van der Waals surface area contributed by atoms with Crippen LogP contribution in [0.4, 0.5) is 10.1 Å². The first-order valence-corrected chi connectivity index (χ1v) is 6.54. The molecule has 1 aromatic carbocycles. The third-order valence-corrected chi connectivity index (χ3v) is 4.16. The topological polar surface area (TPSA) is 15.3 Å². The summed E-state index contributed by atoms with van der Waals surface area (Å²) in [6.07, 6.45) is 2.44. The van der Waals surface area contributed by atoms with Gasteiger partial charge in [0.25, 0.3) is 0 Å². The van der Waals surface area contributed by atoms with Crippen molar-refractivity contribution in [3.63, 3.8) is 0 Å². The molecule has 3 aliphatic heterocycles. The SMILES string of the molecule is Fc1ccc(Cl)cc1NC1CN2CCC1CC2. The number of piperidine rings is 3. The van der Waals surface area contributed by atoms with Crippen molar-refractivity contribution in [1.82, 2.24) is 4.90 Å². The Bertz CT molecular complexity index is 416. The average molecular weight is 255 g/mol. The molecular formula is C13H16ClFN2. The van der Waals surface area contributed by atoms with Crippen molar-refractivity contribution in [1.29, 1.82) is 0 Å². The van der Waals surface area contributed by atoms with Gasteiger partial charge >= 0.3 is 0 Å². The van der Waals surface area contributed by atoms with Gasteiger partial charge in [-0.3, -0.25) is 0 Å². The summed E-state index contributed by atoms with van der Waals surface area (Å²) in [5.74, 6) is 0.462. The van der Waals surface area contributed by atoms with Gasteiger partial charge in [0, 0.05) is 17.6 Å². The van der Waals surface area contributed by atoms with Crippen molar-refractivity contribution < 1.29 is 4.39 Å². The lowest BCUT2D eigenvalue weighted by atomic mass is 9.84. The number of nitrogens with one attached hydrogen (secondary N) is 1. The molecule has 17 heavy (non-hydrogen) atoms. The van der Waals surface area contributed by atoms with Crippen LogP contribution in [0.2, 0.25) is 5.02 Å². The number of hydrogen-bond acceptors (Lipinski definition) is 2. The standard InChI is InChI=1S/C13H16ClFN2/c14-10-1-2-11(15)12(7-10)16-13-8-17-5-3-9(13)4-6-17/h1-2,7,9,13,16H,3-6,8H2. The van der Waals surface area contributed by atoms with Gasteiger partial charge in [0.2, 0.25) is 0 Å². The van der Waals surface area contributed by atoms with E-state index in [1.165, 1.54) is 32.0 Å². The van der Waals surface area contributed by atoms with Crippen LogP contribution in [0.5, 0.6) is 0 Å². The van der Waals surface area contributed by atoms with E-state index in [1.54, 1.807) is 12.1 Å². The zero-order chi connectivity index (χ0) is 11.8. The van der Waals surface area contributed by atoms with E-state index >= 15 is 0 Å². The molecule has 0 aliphatic carbocycles. The predicted octanol–water partition coefficient (Wildman–Crippen LogP) is 2.99. The van der Waals surface area contributed by atoms with E-state index in [9.17, 15) is 4.39 Å². The molecule has 0 spiro atoms. The summed E-state index contributed by atoms with van der Waals surface area (Å²) < 4.78 is 13.6. The summed E-state index contributed by atoms with van der Waals surface area (Å²) in [6, 6.07) is 5.05. The number of benzene rings is 1. The van der Waals surface area contributed by atoms with Crippen LogP contribution >= 0.6 is 11.6 Å². The molecule has 4 heteroatoms. The lowest BCUT2D eigenvalue weighted by Gasteiger charge is -2.45. The molecule has 1 aromatic rings. The third-order valence-electron chi connectivity index (χ3n) is 3.93. The zero-order valence-corrected chi connectivity index (χ0v) is 10.4. The van der Waals surface area contributed by atoms with Crippen LogP contribution in [-0.2, 0) is 0 Å². The van der Waals surface area contributed by atoms with Crippen molar-refractivity contribution in [3.8, 4) is 0 Å². The second kappa shape index (κ2) is 4.46. The number of rotatable bonds is 2. The third kappa shape index (κ3) is 2.26. The Kier molecular flexibility index (Phi) is 2.97. The fourth-order valence-electron chi connectivity index (χ4n) is 2.94. The quantitative estimate of drug-likeness (QED) is 0.873. The van der Waals surface area contributed by atoms with Gasteiger partial charge < -0.3 is 10.2 Å². The predicted molar refractivity (Wildman–Crippen MR) is 68.0 cm³/mol. The highest BCUT2D eigenvalue weighted by atomic mass is 35.5. The van der Waals surface area contributed by atoms with Crippen molar-refractivity contribution >= 4 is 17.3 Å². The van der Waals surface area contributed by atoms with Crippen LogP contribution in [0, 0.1) is 11.7 Å². The summed E-state index contributed by atoms with van der Waals surface area (Å²) in [5, 5.41) is 3.90. The number of nitrogens with zero attached hydrogens (tertiary/aromatic N) is 1. The van der Waals surface area contributed by atoms with Gasteiger partial charge in [0.1, 0.15) is 5.82 Å². The van der Waals surface area contributed by atoms with Crippen LogP contribution in [-0.4, -0.2) is 30.6 Å². The molecule has 0 aromatic heterocycles. The first-order valence-electron chi connectivity index (χ1n) is 6.16. The summed E-state index contributed by atoms with van der Waals surface area (Å²) >= 11 is 5.90. The van der Waals surface area contributed by atoms with Crippen LogP contribution in [0.3, 0.4) is 0 Å². The molecule has 3 saturated heterocycles. The molecule has 3 heterocycles. The fourth-order valence-corrected chi connectivity index (χ4v) is 3.11. The van der Waals surface area contributed by atoms with Gasteiger partial charge in [-0.25, -0.2) is 4.39 Å². The normalized spacial score (nSPS) is 31.5. The minimum absolute atomic E-state index is 0.217. The lowest BCUT2D eigenvalue weighted by molar-refractivity contribution is 0.0974. The Balaban J connectivity index is 1.76. The van der Waals surface area contributed by atoms with E-state index in [0.717, 1.165) is 6.54 Å². The molecule has 4 rings (SSSR count). The van der Waals surface area contributed by atoms with Crippen molar-refractivity contribution in [2.24, 2.45) is 5.92 Å². The average Bonchev–Trinajstić information content (AvgIpc) is 2.35. The monoisotopic (exact) mass is 254 g/mol. The van der Waals surface area contributed by atoms with Gasteiger partial charge in [-0.1, -0.05) is 11.6 Å². The maximum absolute atomic E-state index is 13.6. The second-order valence-corrected chi connectivity index (χ2v) is 5.45. The number of halogens is 2. The van der Waals surface area contributed by atoms with Crippen molar-refractivity contribution in [2.45, 2.75) is 18.9 Å². The van der Waals surface area contributed by atoms with Crippen LogP contribution in [0.1, 0.15) is 12.8 Å². The summed E-state index contributed by atoms with van der Waals surface area (Å²) in [4.78, 5) is 2.44. The second-order valence-electron chi connectivity index (χ2n) is 5.01. The highest BCUT2D eigenvalue weighted by molar-refractivity contribution is 6.30. The highest BCUT2D eigenvalue weighted by Crippen LogP contribution is 2.31. The molecule has 1 N–H and O–H groups in total. The molecule has 0 saturated carbocycles. The molecule has 3 fully saturated rings. The molecule has 2 bridgehead atoms. The van der Waals surface area contributed by atoms with Gasteiger partial charge in [0.05, 0.1) is 5.69 Å². The number of hydrogen-bond donors (Lipinski definition) is 1. The fraction of sp³-hybridized carbons (Fsp3) is 0.538. The lowest BCUT2D eigenvalue weighted by Crippen LogP contribution is -2.53. The molecular weight excluding hydrogens is 239 g/mol. The summed E-state index contributed by atoms with van der Waals surface area (Å²) in [5.41, 5.74) is 0.538. The maximum Gasteiger partial charge on any atom is 0.146 e. The van der Waals surface area contributed by atoms with Crippen molar-refractivity contribution in [2.75, 3.05) is 25.0 Å². The molecule has 0 radical (unpaired) electrons.